The number of esters is 1. The highest BCUT2D eigenvalue weighted by molar-refractivity contribution is 5.83. The van der Waals surface area contributed by atoms with Crippen molar-refractivity contribution in [1.29, 1.82) is 0 Å². The van der Waals surface area contributed by atoms with Gasteiger partial charge in [-0.3, -0.25) is 0 Å². The second kappa shape index (κ2) is 7.33. The smallest absolute Gasteiger partial charge is 0.336 e. The molecule has 0 fully saturated rings. The van der Waals surface area contributed by atoms with Gasteiger partial charge in [-0.15, -0.1) is 0 Å². The Morgan fingerprint density at radius 3 is 2.41 bits per heavy atom. The summed E-state index contributed by atoms with van der Waals surface area (Å²) in [7, 11) is 0. The van der Waals surface area contributed by atoms with Gasteiger partial charge in [-0.05, 0) is 26.0 Å². The summed E-state index contributed by atoms with van der Waals surface area (Å²) in [4.78, 5) is 11.3. The van der Waals surface area contributed by atoms with Crippen LogP contribution in [0.5, 0.6) is 0 Å². The van der Waals surface area contributed by atoms with Gasteiger partial charge in [0.1, 0.15) is 0 Å². The van der Waals surface area contributed by atoms with Gasteiger partial charge in [0.05, 0.1) is 19.3 Å². The molecule has 0 spiro atoms. The van der Waals surface area contributed by atoms with Crippen LogP contribution in [-0.2, 0) is 14.3 Å². The van der Waals surface area contributed by atoms with E-state index in [-0.39, 0.29) is 0 Å². The minimum absolute atomic E-state index is 0.347. The Bertz CT molecular complexity index is 374. The lowest BCUT2D eigenvalue weighted by Gasteiger charge is -2.11. The lowest BCUT2D eigenvalue weighted by atomic mass is 10.3. The normalized spacial score (nSPS) is 10.8. The van der Waals surface area contributed by atoms with Gasteiger partial charge in [0.15, 0.2) is 5.88 Å². The zero-order chi connectivity index (χ0) is 12.5. The van der Waals surface area contributed by atoms with Gasteiger partial charge in [0.2, 0.25) is 0 Å². The van der Waals surface area contributed by atoms with Gasteiger partial charge in [0, 0.05) is 5.69 Å². The number of anilines is 1. The van der Waals surface area contributed by atoms with E-state index in [1.165, 1.54) is 6.08 Å². The van der Waals surface area contributed by atoms with Crippen molar-refractivity contribution in [3.8, 4) is 0 Å². The molecule has 92 valence electrons. The van der Waals surface area contributed by atoms with E-state index in [0.717, 1.165) is 5.69 Å². The molecule has 1 N–H and O–H groups in total. The van der Waals surface area contributed by atoms with Crippen LogP contribution in [-0.4, -0.2) is 19.2 Å². The molecule has 0 atom stereocenters. The second-order valence-corrected chi connectivity index (χ2v) is 3.18. The summed E-state index contributed by atoms with van der Waals surface area (Å²) in [6, 6.07) is 9.49. The van der Waals surface area contributed by atoms with Crippen molar-refractivity contribution in [3.63, 3.8) is 0 Å². The maximum Gasteiger partial charge on any atom is 0.336 e. The van der Waals surface area contributed by atoms with Crippen LogP contribution >= 0.6 is 0 Å². The first-order valence-electron chi connectivity index (χ1n) is 5.59. The summed E-state index contributed by atoms with van der Waals surface area (Å²) >= 11 is 0. The highest BCUT2D eigenvalue weighted by Gasteiger charge is 2.03. The Morgan fingerprint density at radius 1 is 1.18 bits per heavy atom. The van der Waals surface area contributed by atoms with Crippen LogP contribution in [0.15, 0.2) is 42.3 Å². The van der Waals surface area contributed by atoms with Gasteiger partial charge in [0.25, 0.3) is 0 Å². The lowest BCUT2D eigenvalue weighted by molar-refractivity contribution is -0.137. The number of rotatable bonds is 6. The molecule has 0 aliphatic heterocycles. The fourth-order valence-corrected chi connectivity index (χ4v) is 1.22. The average Bonchev–Trinajstić information content (AvgIpc) is 2.31. The van der Waals surface area contributed by atoms with Crippen molar-refractivity contribution in [2.45, 2.75) is 13.8 Å². The van der Waals surface area contributed by atoms with E-state index in [1.807, 2.05) is 37.3 Å². The third-order valence-corrected chi connectivity index (χ3v) is 1.88. The fourth-order valence-electron chi connectivity index (χ4n) is 1.22. The minimum Gasteiger partial charge on any atom is -0.479 e. The van der Waals surface area contributed by atoms with Crippen LogP contribution in [0.3, 0.4) is 0 Å². The number of hydrogen-bond acceptors (Lipinski definition) is 4. The standard InChI is InChI=1S/C13H17NO3/c1-3-16-12(10-13(15)17-4-2)14-11-8-6-5-7-9-11/h5-10,14H,3-4H2,1-2H3/b12-10-. The van der Waals surface area contributed by atoms with Crippen molar-refractivity contribution in [1.82, 2.24) is 0 Å². The maximum atomic E-state index is 11.3. The molecule has 4 heteroatoms. The molecule has 17 heavy (non-hydrogen) atoms. The molecular formula is C13H17NO3. The molecule has 0 aliphatic carbocycles. The van der Waals surface area contributed by atoms with Crippen LogP contribution in [0.4, 0.5) is 5.69 Å². The van der Waals surface area contributed by atoms with Gasteiger partial charge < -0.3 is 14.8 Å². The Kier molecular flexibility index (Phi) is 5.64. The predicted octanol–water partition coefficient (Wildman–Crippen LogP) is 2.54. The van der Waals surface area contributed by atoms with E-state index in [4.69, 9.17) is 9.47 Å². The summed E-state index contributed by atoms with van der Waals surface area (Å²) in [5.74, 6) is -0.0310. The molecule has 0 unspecified atom stereocenters. The molecular weight excluding hydrogens is 218 g/mol. The molecule has 0 radical (unpaired) electrons. The largest absolute Gasteiger partial charge is 0.479 e. The minimum atomic E-state index is -0.417. The SMILES string of the molecule is CCOC(=O)/C=C(/Nc1ccccc1)OCC. The Morgan fingerprint density at radius 2 is 1.82 bits per heavy atom. The summed E-state index contributed by atoms with van der Waals surface area (Å²) in [5.41, 5.74) is 0.858. The number of hydrogen-bond donors (Lipinski definition) is 1. The monoisotopic (exact) mass is 235 g/mol. The number of ether oxygens (including phenoxy) is 2. The van der Waals surface area contributed by atoms with Crippen LogP contribution in [0.2, 0.25) is 0 Å². The Labute approximate surface area is 101 Å². The number of carbonyl (C=O) groups excluding carboxylic acids is 1. The van der Waals surface area contributed by atoms with Gasteiger partial charge >= 0.3 is 5.97 Å². The second-order valence-electron chi connectivity index (χ2n) is 3.18. The summed E-state index contributed by atoms with van der Waals surface area (Å²) < 4.78 is 10.1. The fraction of sp³-hybridized carbons (Fsp3) is 0.308. The molecule has 0 saturated heterocycles. The van der Waals surface area contributed by atoms with Crippen molar-refractivity contribution >= 4 is 11.7 Å². The van der Waals surface area contributed by atoms with E-state index in [0.29, 0.717) is 19.1 Å². The van der Waals surface area contributed by atoms with Crippen LogP contribution in [0.25, 0.3) is 0 Å². The lowest BCUT2D eigenvalue weighted by Crippen LogP contribution is -2.09. The van der Waals surface area contributed by atoms with E-state index in [1.54, 1.807) is 6.92 Å². The van der Waals surface area contributed by atoms with Gasteiger partial charge in [-0.1, -0.05) is 18.2 Å². The van der Waals surface area contributed by atoms with Crippen molar-refractivity contribution in [2.24, 2.45) is 0 Å². The third-order valence-electron chi connectivity index (χ3n) is 1.88. The molecule has 0 amide bonds. The first-order valence-corrected chi connectivity index (χ1v) is 5.59. The maximum absolute atomic E-state index is 11.3. The Hall–Kier alpha value is -1.97. The van der Waals surface area contributed by atoms with Crippen molar-refractivity contribution in [2.75, 3.05) is 18.5 Å². The van der Waals surface area contributed by atoms with Crippen LogP contribution in [0.1, 0.15) is 13.8 Å². The zero-order valence-corrected chi connectivity index (χ0v) is 10.1. The van der Waals surface area contributed by atoms with Gasteiger partial charge in [-0.25, -0.2) is 4.79 Å². The molecule has 0 aromatic heterocycles. The van der Waals surface area contributed by atoms with Crippen LogP contribution in [0, 0.1) is 0 Å². The summed E-state index contributed by atoms with van der Waals surface area (Å²) in [5, 5.41) is 3.01. The molecule has 0 saturated carbocycles. The summed E-state index contributed by atoms with van der Waals surface area (Å²) in [6.07, 6.45) is 1.31. The molecule has 4 nitrogen and oxygen atoms in total. The number of carbonyl (C=O) groups is 1. The van der Waals surface area contributed by atoms with Crippen molar-refractivity contribution in [3.05, 3.63) is 42.3 Å². The average molecular weight is 235 g/mol. The Balaban J connectivity index is 2.69. The first-order chi connectivity index (χ1) is 8.26. The van der Waals surface area contributed by atoms with E-state index in [2.05, 4.69) is 5.32 Å². The number of benzene rings is 1. The van der Waals surface area contributed by atoms with E-state index in [9.17, 15) is 4.79 Å². The molecule has 1 aromatic carbocycles. The highest BCUT2D eigenvalue weighted by Crippen LogP contribution is 2.10. The molecule has 0 bridgehead atoms. The van der Waals surface area contributed by atoms with E-state index < -0.39 is 5.97 Å². The first kappa shape index (κ1) is 13.1. The topological polar surface area (TPSA) is 47.6 Å². The third kappa shape index (κ3) is 5.06. The summed E-state index contributed by atoms with van der Waals surface area (Å²) in [6.45, 7) is 4.44. The number of nitrogens with one attached hydrogen (secondary N) is 1. The highest BCUT2D eigenvalue weighted by atomic mass is 16.5. The van der Waals surface area contributed by atoms with Gasteiger partial charge in [-0.2, -0.15) is 0 Å². The quantitative estimate of drug-likeness (QED) is 0.467. The van der Waals surface area contributed by atoms with E-state index >= 15 is 0 Å². The molecule has 0 heterocycles. The zero-order valence-electron chi connectivity index (χ0n) is 10.1. The molecule has 0 aliphatic rings. The van der Waals surface area contributed by atoms with Crippen molar-refractivity contribution < 1.29 is 14.3 Å². The predicted molar refractivity (Wildman–Crippen MR) is 66.4 cm³/mol. The molecule has 1 rings (SSSR count). The molecule has 1 aromatic rings. The number of para-hydroxylation sites is 1. The van der Waals surface area contributed by atoms with Crippen LogP contribution < -0.4 is 5.32 Å².